The van der Waals surface area contributed by atoms with Gasteiger partial charge in [0.1, 0.15) is 0 Å². The molecule has 3 rings (SSSR count). The second-order valence-corrected chi connectivity index (χ2v) is 8.01. The highest BCUT2D eigenvalue weighted by atomic mass is 35.5. The summed E-state index contributed by atoms with van der Waals surface area (Å²) in [7, 11) is 0. The lowest BCUT2D eigenvalue weighted by Gasteiger charge is -2.17. The molecule has 1 N–H and O–H groups in total. The van der Waals surface area contributed by atoms with Gasteiger partial charge in [0.05, 0.1) is 17.6 Å². The number of halogens is 1. The van der Waals surface area contributed by atoms with E-state index in [0.29, 0.717) is 22.0 Å². The third kappa shape index (κ3) is 6.07. The number of rotatable bonds is 7. The number of nitrogens with one attached hydrogen (secondary N) is 1. The van der Waals surface area contributed by atoms with Gasteiger partial charge < -0.3 is 19.7 Å². The summed E-state index contributed by atoms with van der Waals surface area (Å²) in [5.41, 5.74) is 1.42. The molecule has 2 aromatic carbocycles. The Labute approximate surface area is 190 Å². The maximum absolute atomic E-state index is 12.4. The van der Waals surface area contributed by atoms with Crippen molar-refractivity contribution in [2.24, 2.45) is 5.92 Å². The molecule has 1 heterocycles. The van der Waals surface area contributed by atoms with Crippen molar-refractivity contribution >= 4 is 46.7 Å². The minimum Gasteiger partial charge on any atom is -0.459 e. The van der Waals surface area contributed by atoms with Gasteiger partial charge in [0.25, 0.3) is 5.91 Å². The lowest BCUT2D eigenvalue weighted by molar-refractivity contribution is -0.151. The molecule has 0 unspecified atom stereocenters. The molecule has 8 nitrogen and oxygen atoms in total. The molecule has 0 aliphatic carbocycles. The molecule has 0 aromatic heterocycles. The molecule has 0 radical (unpaired) electrons. The number of benzene rings is 2. The Morgan fingerprint density at radius 2 is 1.88 bits per heavy atom. The van der Waals surface area contributed by atoms with Crippen LogP contribution in [0, 0.1) is 5.92 Å². The molecular weight excluding hydrogens is 436 g/mol. The van der Waals surface area contributed by atoms with Crippen LogP contribution in [0.2, 0.25) is 5.02 Å². The van der Waals surface area contributed by atoms with E-state index in [0.717, 1.165) is 0 Å². The summed E-state index contributed by atoms with van der Waals surface area (Å²) in [4.78, 5) is 50.2. The van der Waals surface area contributed by atoms with Gasteiger partial charge in [0.15, 0.2) is 6.61 Å². The molecule has 0 bridgehead atoms. The molecule has 1 saturated heterocycles. The van der Waals surface area contributed by atoms with Crippen molar-refractivity contribution in [3.63, 3.8) is 0 Å². The fourth-order valence-corrected chi connectivity index (χ4v) is 3.38. The number of hydrogen-bond donors (Lipinski definition) is 1. The quantitative estimate of drug-likeness (QED) is 0.638. The monoisotopic (exact) mass is 458 g/mol. The number of hydrogen-bond acceptors (Lipinski definition) is 6. The summed E-state index contributed by atoms with van der Waals surface area (Å²) in [6.45, 7) is 3.18. The van der Waals surface area contributed by atoms with Crippen LogP contribution in [0.3, 0.4) is 0 Å². The Morgan fingerprint density at radius 1 is 1.16 bits per heavy atom. The van der Waals surface area contributed by atoms with Crippen molar-refractivity contribution in [2.45, 2.75) is 26.4 Å². The van der Waals surface area contributed by atoms with Crippen molar-refractivity contribution in [2.75, 3.05) is 23.4 Å². The van der Waals surface area contributed by atoms with Crippen molar-refractivity contribution < 1.29 is 28.7 Å². The number of anilines is 2. The molecule has 1 aliphatic heterocycles. The van der Waals surface area contributed by atoms with Crippen LogP contribution in [0.15, 0.2) is 48.5 Å². The molecule has 1 fully saturated rings. The molecule has 2 aromatic rings. The zero-order chi connectivity index (χ0) is 23.3. The highest BCUT2D eigenvalue weighted by molar-refractivity contribution is 6.30. The molecule has 32 heavy (non-hydrogen) atoms. The van der Waals surface area contributed by atoms with Crippen LogP contribution in [-0.2, 0) is 23.9 Å². The highest BCUT2D eigenvalue weighted by Crippen LogP contribution is 2.26. The first-order valence-electron chi connectivity index (χ1n) is 10.1. The number of carbonyl (C=O) groups is 4. The average Bonchev–Trinajstić information content (AvgIpc) is 3.13. The molecule has 1 aliphatic rings. The summed E-state index contributed by atoms with van der Waals surface area (Å²) >= 11 is 5.87. The van der Waals surface area contributed by atoms with Crippen LogP contribution in [0.5, 0.6) is 0 Å². The lowest BCUT2D eigenvalue weighted by atomic mass is 10.1. The smallest absolute Gasteiger partial charge is 0.338 e. The Bertz CT molecular complexity index is 1020. The Morgan fingerprint density at radius 3 is 2.53 bits per heavy atom. The molecule has 0 saturated carbocycles. The summed E-state index contributed by atoms with van der Waals surface area (Å²) in [6, 6.07) is 13.0. The second kappa shape index (κ2) is 10.3. The van der Waals surface area contributed by atoms with E-state index in [1.165, 1.54) is 4.90 Å². The van der Waals surface area contributed by atoms with Crippen LogP contribution in [-0.4, -0.2) is 43.0 Å². The van der Waals surface area contributed by atoms with Gasteiger partial charge in [-0.1, -0.05) is 17.7 Å². The lowest BCUT2D eigenvalue weighted by Crippen LogP contribution is -2.28. The fourth-order valence-electron chi connectivity index (χ4n) is 3.19. The minimum absolute atomic E-state index is 0.0219. The van der Waals surface area contributed by atoms with E-state index in [1.807, 2.05) is 0 Å². The van der Waals surface area contributed by atoms with Gasteiger partial charge in [0.2, 0.25) is 5.91 Å². The Balaban J connectivity index is 1.52. The van der Waals surface area contributed by atoms with Gasteiger partial charge in [0, 0.05) is 29.4 Å². The number of nitrogens with zero attached hydrogens (tertiary/aromatic N) is 1. The van der Waals surface area contributed by atoms with Gasteiger partial charge >= 0.3 is 11.9 Å². The molecule has 2 amide bonds. The normalized spacial score (nSPS) is 15.6. The predicted octanol–water partition coefficient (Wildman–Crippen LogP) is 3.44. The SMILES string of the molecule is CC(C)OC(=O)c1ccc(N2C[C@@H](C(=O)OCC(=O)Nc3cccc(Cl)c3)CC2=O)cc1. The Kier molecular flexibility index (Phi) is 7.48. The van der Waals surface area contributed by atoms with E-state index in [1.54, 1.807) is 62.4 Å². The van der Waals surface area contributed by atoms with E-state index < -0.39 is 30.4 Å². The third-order valence-electron chi connectivity index (χ3n) is 4.67. The van der Waals surface area contributed by atoms with E-state index in [4.69, 9.17) is 21.1 Å². The van der Waals surface area contributed by atoms with E-state index in [-0.39, 0.29) is 25.0 Å². The summed E-state index contributed by atoms with van der Waals surface area (Å²) in [6.07, 6.45) is -0.256. The molecular formula is C23H23ClN2O6. The topological polar surface area (TPSA) is 102 Å². The minimum atomic E-state index is -0.688. The van der Waals surface area contributed by atoms with E-state index >= 15 is 0 Å². The van der Waals surface area contributed by atoms with Gasteiger partial charge in [-0.15, -0.1) is 0 Å². The van der Waals surface area contributed by atoms with E-state index in [2.05, 4.69) is 5.32 Å². The first kappa shape index (κ1) is 23.3. The zero-order valence-corrected chi connectivity index (χ0v) is 18.4. The number of esters is 2. The third-order valence-corrected chi connectivity index (χ3v) is 4.90. The van der Waals surface area contributed by atoms with Gasteiger partial charge in [-0.25, -0.2) is 4.79 Å². The molecule has 9 heteroatoms. The summed E-state index contributed by atoms with van der Waals surface area (Å²) < 4.78 is 10.2. The average molecular weight is 459 g/mol. The maximum Gasteiger partial charge on any atom is 0.338 e. The maximum atomic E-state index is 12.4. The van der Waals surface area contributed by atoms with Crippen LogP contribution < -0.4 is 10.2 Å². The number of amides is 2. The van der Waals surface area contributed by atoms with Crippen molar-refractivity contribution in [3.05, 3.63) is 59.1 Å². The van der Waals surface area contributed by atoms with Gasteiger partial charge in [-0.05, 0) is 56.3 Å². The molecule has 1 atom stereocenters. The standard InChI is InChI=1S/C23H23ClN2O6/c1-14(2)32-23(30)15-6-8-19(9-7-15)26-12-16(10-21(26)28)22(29)31-13-20(27)25-18-5-3-4-17(24)11-18/h3-9,11,14,16H,10,12-13H2,1-2H3,(H,25,27)/t16-/m0/s1. The van der Waals surface area contributed by atoms with Crippen LogP contribution in [0.25, 0.3) is 0 Å². The second-order valence-electron chi connectivity index (χ2n) is 7.57. The van der Waals surface area contributed by atoms with Crippen molar-refractivity contribution in [3.8, 4) is 0 Å². The zero-order valence-electron chi connectivity index (χ0n) is 17.7. The fraction of sp³-hybridized carbons (Fsp3) is 0.304. The molecule has 168 valence electrons. The number of ether oxygens (including phenoxy) is 2. The molecule has 0 spiro atoms. The summed E-state index contributed by atoms with van der Waals surface area (Å²) in [5, 5.41) is 3.05. The largest absolute Gasteiger partial charge is 0.459 e. The Hall–Kier alpha value is -3.39. The van der Waals surface area contributed by atoms with Gasteiger partial charge in [-0.3, -0.25) is 14.4 Å². The van der Waals surface area contributed by atoms with Crippen LogP contribution >= 0.6 is 11.6 Å². The highest BCUT2D eigenvalue weighted by Gasteiger charge is 2.36. The van der Waals surface area contributed by atoms with E-state index in [9.17, 15) is 19.2 Å². The van der Waals surface area contributed by atoms with Gasteiger partial charge in [-0.2, -0.15) is 0 Å². The van der Waals surface area contributed by atoms with Crippen LogP contribution in [0.1, 0.15) is 30.6 Å². The van der Waals surface area contributed by atoms with Crippen molar-refractivity contribution in [1.29, 1.82) is 0 Å². The van der Waals surface area contributed by atoms with Crippen LogP contribution in [0.4, 0.5) is 11.4 Å². The number of carbonyl (C=O) groups excluding carboxylic acids is 4. The summed E-state index contributed by atoms with van der Waals surface area (Å²) in [5.74, 6) is -2.51. The predicted molar refractivity (Wildman–Crippen MR) is 118 cm³/mol. The first-order chi connectivity index (χ1) is 15.2. The first-order valence-corrected chi connectivity index (χ1v) is 10.4. The van der Waals surface area contributed by atoms with Crippen molar-refractivity contribution in [1.82, 2.24) is 0 Å².